The minimum Gasteiger partial charge on any atom is -0.378 e. The van der Waals surface area contributed by atoms with E-state index in [1.165, 1.54) is 5.56 Å². The second-order valence-corrected chi connectivity index (χ2v) is 8.35. The van der Waals surface area contributed by atoms with Crippen molar-refractivity contribution >= 4 is 27.8 Å². The maximum Gasteiger partial charge on any atom is 0.132 e. The topological polar surface area (TPSA) is 69.0 Å². The van der Waals surface area contributed by atoms with Gasteiger partial charge in [-0.05, 0) is 42.3 Å². The van der Waals surface area contributed by atoms with Gasteiger partial charge in [0.05, 0.1) is 31.0 Å². The van der Waals surface area contributed by atoms with Crippen molar-refractivity contribution in [2.24, 2.45) is 0 Å². The molecule has 0 unspecified atom stereocenters. The summed E-state index contributed by atoms with van der Waals surface area (Å²) >= 11 is 0. The van der Waals surface area contributed by atoms with Crippen LogP contribution in [0, 0.1) is 0 Å². The lowest BCUT2D eigenvalue weighted by Gasteiger charge is -2.27. The van der Waals surface area contributed by atoms with Crippen LogP contribution >= 0.6 is 0 Å². The fraction of sp³-hybridized carbons (Fsp3) is 0.231. The van der Waals surface area contributed by atoms with E-state index >= 15 is 0 Å². The molecule has 3 aromatic heterocycles. The summed E-state index contributed by atoms with van der Waals surface area (Å²) in [5.74, 6) is 0.992. The van der Waals surface area contributed by atoms with Crippen LogP contribution in [-0.4, -0.2) is 51.3 Å². The van der Waals surface area contributed by atoms with Gasteiger partial charge in [0.1, 0.15) is 16.9 Å². The van der Waals surface area contributed by atoms with E-state index in [1.54, 1.807) is 6.20 Å². The Morgan fingerprint density at radius 3 is 2.45 bits per heavy atom. The molecule has 4 heterocycles. The number of hydrogen-bond donors (Lipinski definition) is 0. The molecule has 7 heteroatoms. The smallest absolute Gasteiger partial charge is 0.132 e. The van der Waals surface area contributed by atoms with Crippen molar-refractivity contribution in [1.82, 2.24) is 25.0 Å². The van der Waals surface area contributed by atoms with Gasteiger partial charge in [-0.1, -0.05) is 41.6 Å². The zero-order valence-electron chi connectivity index (χ0n) is 18.4. The molecule has 1 aliphatic rings. The molecule has 6 rings (SSSR count). The van der Waals surface area contributed by atoms with Gasteiger partial charge < -0.3 is 9.64 Å². The van der Waals surface area contributed by atoms with Crippen molar-refractivity contribution in [3.05, 3.63) is 78.6 Å². The number of anilines is 1. The summed E-state index contributed by atoms with van der Waals surface area (Å²) in [6.45, 7) is 5.40. The van der Waals surface area contributed by atoms with Crippen molar-refractivity contribution in [1.29, 1.82) is 0 Å². The number of benzene rings is 2. The van der Waals surface area contributed by atoms with Crippen molar-refractivity contribution < 1.29 is 4.74 Å². The second kappa shape index (κ2) is 8.26. The van der Waals surface area contributed by atoms with E-state index in [2.05, 4.69) is 81.7 Å². The van der Waals surface area contributed by atoms with Crippen LogP contribution in [0.5, 0.6) is 0 Å². The third-order valence-electron chi connectivity index (χ3n) is 6.36. The van der Waals surface area contributed by atoms with Crippen molar-refractivity contribution in [3.8, 4) is 11.1 Å². The molecule has 1 fully saturated rings. The second-order valence-electron chi connectivity index (χ2n) is 8.35. The molecule has 7 nitrogen and oxygen atoms in total. The first kappa shape index (κ1) is 19.8. The van der Waals surface area contributed by atoms with Crippen molar-refractivity contribution in [3.63, 3.8) is 0 Å². The molecule has 164 valence electrons. The van der Waals surface area contributed by atoms with Gasteiger partial charge >= 0.3 is 0 Å². The summed E-state index contributed by atoms with van der Waals surface area (Å²) in [5, 5.41) is 9.93. The standard InChI is InChI=1S/C26H24N6O/c1-18(19-5-3-2-4-6-19)32-26-22-15-20(7-9-23(22)27-17-24(26)29-30-32)21-8-10-25(28-16-21)31-11-13-33-14-12-31/h2-10,15-18H,11-14H2,1H3/t18-/m0/s1. The number of rotatable bonds is 4. The lowest BCUT2D eigenvalue weighted by molar-refractivity contribution is 0.122. The molecule has 0 amide bonds. The average Bonchev–Trinajstić information content (AvgIpc) is 3.34. The first-order valence-corrected chi connectivity index (χ1v) is 11.3. The molecule has 1 aliphatic heterocycles. The Morgan fingerprint density at radius 1 is 0.848 bits per heavy atom. The summed E-state index contributed by atoms with van der Waals surface area (Å²) in [6, 6.07) is 21.0. The Kier molecular flexibility index (Phi) is 4.96. The minimum atomic E-state index is 0.0555. The van der Waals surface area contributed by atoms with E-state index in [9.17, 15) is 0 Å². The van der Waals surface area contributed by atoms with Crippen LogP contribution < -0.4 is 4.90 Å². The number of nitrogens with zero attached hydrogens (tertiary/aromatic N) is 6. The predicted molar refractivity (Wildman–Crippen MR) is 129 cm³/mol. The average molecular weight is 437 g/mol. The molecule has 5 aromatic rings. The summed E-state index contributed by atoms with van der Waals surface area (Å²) in [6.07, 6.45) is 3.75. The molecule has 1 atom stereocenters. The third-order valence-corrected chi connectivity index (χ3v) is 6.36. The third kappa shape index (κ3) is 3.60. The quantitative estimate of drug-likeness (QED) is 0.414. The van der Waals surface area contributed by atoms with Crippen molar-refractivity contribution in [2.45, 2.75) is 13.0 Å². The number of aromatic nitrogens is 5. The SMILES string of the molecule is C[C@@H](c1ccccc1)n1nnc2cnc3ccc(-c4ccc(N5CCOCC5)nc4)cc3c21. The molecule has 0 N–H and O–H groups in total. The van der Waals surface area contributed by atoms with E-state index in [0.717, 1.165) is 65.2 Å². The Balaban J connectivity index is 1.42. The molecule has 33 heavy (non-hydrogen) atoms. The van der Waals surface area contributed by atoms with Gasteiger partial charge in [0.2, 0.25) is 0 Å². The highest BCUT2D eigenvalue weighted by Gasteiger charge is 2.17. The highest BCUT2D eigenvalue weighted by Crippen LogP contribution is 2.31. The Labute approximate surface area is 191 Å². The molecular weight excluding hydrogens is 412 g/mol. The monoisotopic (exact) mass is 436 g/mol. The predicted octanol–water partition coefficient (Wildman–Crippen LogP) is 4.49. The first-order valence-electron chi connectivity index (χ1n) is 11.3. The molecule has 0 bridgehead atoms. The molecule has 0 saturated carbocycles. The van der Waals surface area contributed by atoms with Gasteiger partial charge in [-0.3, -0.25) is 4.98 Å². The van der Waals surface area contributed by atoms with Gasteiger partial charge in [0.15, 0.2) is 0 Å². The molecule has 0 spiro atoms. The van der Waals surface area contributed by atoms with Crippen molar-refractivity contribution in [2.75, 3.05) is 31.2 Å². The number of morpholine rings is 1. The number of fused-ring (bicyclic) bond motifs is 3. The van der Waals surface area contributed by atoms with Crippen LogP contribution in [0.3, 0.4) is 0 Å². The van der Waals surface area contributed by atoms with Crippen LogP contribution in [0.25, 0.3) is 33.1 Å². The molecular formula is C26H24N6O. The van der Waals surface area contributed by atoms with Gasteiger partial charge in [-0.2, -0.15) is 0 Å². The van der Waals surface area contributed by atoms with E-state index in [0.29, 0.717) is 0 Å². The Bertz CT molecular complexity index is 1410. The lowest BCUT2D eigenvalue weighted by Crippen LogP contribution is -2.36. The van der Waals surface area contributed by atoms with E-state index in [4.69, 9.17) is 9.72 Å². The summed E-state index contributed by atoms with van der Waals surface area (Å²) in [7, 11) is 0. The summed E-state index contributed by atoms with van der Waals surface area (Å²) in [4.78, 5) is 11.6. The Hall–Kier alpha value is -3.84. The van der Waals surface area contributed by atoms with Gasteiger partial charge in [0.25, 0.3) is 0 Å². The van der Waals surface area contributed by atoms with E-state index in [-0.39, 0.29) is 6.04 Å². The largest absolute Gasteiger partial charge is 0.378 e. The van der Waals surface area contributed by atoms with Crippen LogP contribution in [0.4, 0.5) is 5.82 Å². The van der Waals surface area contributed by atoms with Gasteiger partial charge in [0, 0.05) is 30.2 Å². The van der Waals surface area contributed by atoms with Crippen LogP contribution in [0.2, 0.25) is 0 Å². The molecule has 1 saturated heterocycles. The van der Waals surface area contributed by atoms with Crippen LogP contribution in [0.15, 0.2) is 73.1 Å². The van der Waals surface area contributed by atoms with Gasteiger partial charge in [-0.25, -0.2) is 9.67 Å². The number of ether oxygens (including phenoxy) is 1. The fourth-order valence-corrected chi connectivity index (χ4v) is 4.48. The zero-order valence-corrected chi connectivity index (χ0v) is 18.4. The van der Waals surface area contributed by atoms with Gasteiger partial charge in [-0.15, -0.1) is 5.10 Å². The summed E-state index contributed by atoms with van der Waals surface area (Å²) < 4.78 is 7.45. The van der Waals surface area contributed by atoms with E-state index in [1.807, 2.05) is 16.9 Å². The normalized spacial score (nSPS) is 15.2. The van der Waals surface area contributed by atoms with Crippen LogP contribution in [-0.2, 0) is 4.74 Å². The number of hydrogen-bond acceptors (Lipinski definition) is 6. The van der Waals surface area contributed by atoms with E-state index < -0.39 is 0 Å². The fourth-order valence-electron chi connectivity index (χ4n) is 4.48. The molecule has 2 aromatic carbocycles. The maximum atomic E-state index is 5.45. The molecule has 0 radical (unpaired) electrons. The zero-order chi connectivity index (χ0) is 22.2. The minimum absolute atomic E-state index is 0.0555. The first-order chi connectivity index (χ1) is 16.3. The molecule has 0 aliphatic carbocycles. The van der Waals surface area contributed by atoms with Crippen LogP contribution in [0.1, 0.15) is 18.5 Å². The number of pyridine rings is 2. The maximum absolute atomic E-state index is 5.45. The Morgan fingerprint density at radius 2 is 1.67 bits per heavy atom. The highest BCUT2D eigenvalue weighted by molar-refractivity contribution is 6.03. The lowest BCUT2D eigenvalue weighted by atomic mass is 10.0. The highest BCUT2D eigenvalue weighted by atomic mass is 16.5. The summed E-state index contributed by atoms with van der Waals surface area (Å²) in [5.41, 5.74) is 6.07.